The molecule has 2 heterocycles. The van der Waals surface area contributed by atoms with Gasteiger partial charge in [-0.15, -0.1) is 11.3 Å². The van der Waals surface area contributed by atoms with Crippen molar-refractivity contribution in [2.75, 3.05) is 6.54 Å². The van der Waals surface area contributed by atoms with Gasteiger partial charge in [0.1, 0.15) is 5.82 Å². The van der Waals surface area contributed by atoms with Gasteiger partial charge in [-0.3, -0.25) is 4.40 Å². The first-order valence-corrected chi connectivity index (χ1v) is 8.72. The molecule has 3 aromatic rings. The third-order valence-corrected chi connectivity index (χ3v) is 4.34. The van der Waals surface area contributed by atoms with Gasteiger partial charge >= 0.3 is 0 Å². The minimum absolute atomic E-state index is 0.187. The quantitative estimate of drug-likeness (QED) is 0.552. The van der Waals surface area contributed by atoms with E-state index in [0.717, 1.165) is 28.7 Å². The highest BCUT2D eigenvalue weighted by molar-refractivity contribution is 7.15. The van der Waals surface area contributed by atoms with E-state index in [1.807, 2.05) is 35.2 Å². The van der Waals surface area contributed by atoms with E-state index in [2.05, 4.69) is 20.6 Å². The van der Waals surface area contributed by atoms with Crippen LogP contribution >= 0.6 is 11.3 Å². The van der Waals surface area contributed by atoms with E-state index in [0.29, 0.717) is 18.7 Å². The topological polar surface area (TPSA) is 53.7 Å². The van der Waals surface area contributed by atoms with Gasteiger partial charge in [0, 0.05) is 24.3 Å². The van der Waals surface area contributed by atoms with Crippen molar-refractivity contribution in [2.24, 2.45) is 4.99 Å². The highest BCUT2D eigenvalue weighted by Gasteiger charge is 2.04. The molecule has 24 heavy (non-hydrogen) atoms. The molecule has 126 valence electrons. The molecule has 0 unspecified atom stereocenters. The van der Waals surface area contributed by atoms with Gasteiger partial charge in [-0.25, -0.2) is 14.4 Å². The Bertz CT molecular complexity index is 823. The molecule has 0 spiro atoms. The number of halogens is 1. The number of aryl methyl sites for hydroxylation is 1. The van der Waals surface area contributed by atoms with Crippen LogP contribution in [0.5, 0.6) is 0 Å². The van der Waals surface area contributed by atoms with Gasteiger partial charge < -0.3 is 10.6 Å². The van der Waals surface area contributed by atoms with E-state index >= 15 is 0 Å². The maximum Gasteiger partial charge on any atom is 0.193 e. The molecule has 0 amide bonds. The van der Waals surface area contributed by atoms with Crippen LogP contribution in [0.4, 0.5) is 4.39 Å². The molecule has 0 aliphatic carbocycles. The highest BCUT2D eigenvalue weighted by Crippen LogP contribution is 2.11. The van der Waals surface area contributed by atoms with E-state index in [1.165, 1.54) is 6.07 Å². The standard InChI is InChI=1S/C17H20FN5S/c1-3-19-16(20-9-13-4-5-15(18)12(2)8-13)21-10-14-11-23-6-7-24-17(23)22-14/h4-8,11H,3,9-10H2,1-2H3,(H2,19,20,21). The number of nitrogens with zero attached hydrogens (tertiary/aromatic N) is 3. The molecule has 0 aliphatic heterocycles. The summed E-state index contributed by atoms with van der Waals surface area (Å²) in [5.41, 5.74) is 2.58. The monoisotopic (exact) mass is 345 g/mol. The number of aliphatic imine (C=N–C) groups is 1. The van der Waals surface area contributed by atoms with Crippen LogP contribution in [0.25, 0.3) is 4.96 Å². The van der Waals surface area contributed by atoms with Gasteiger partial charge in [-0.2, -0.15) is 0 Å². The number of guanidine groups is 1. The molecule has 0 saturated carbocycles. The summed E-state index contributed by atoms with van der Waals surface area (Å²) in [6, 6.07) is 5.07. The van der Waals surface area contributed by atoms with Crippen molar-refractivity contribution in [3.8, 4) is 0 Å². The molecule has 2 aromatic heterocycles. The summed E-state index contributed by atoms with van der Waals surface area (Å²) < 4.78 is 15.3. The number of thiazole rings is 1. The van der Waals surface area contributed by atoms with Crippen LogP contribution in [-0.2, 0) is 13.1 Å². The largest absolute Gasteiger partial charge is 0.357 e. The van der Waals surface area contributed by atoms with Crippen LogP contribution < -0.4 is 10.6 Å². The first-order valence-electron chi connectivity index (χ1n) is 7.84. The van der Waals surface area contributed by atoms with E-state index in [4.69, 9.17) is 0 Å². The first kappa shape index (κ1) is 16.4. The Hall–Kier alpha value is -2.41. The summed E-state index contributed by atoms with van der Waals surface area (Å²) >= 11 is 1.61. The fourth-order valence-corrected chi connectivity index (χ4v) is 3.07. The van der Waals surface area contributed by atoms with Crippen molar-refractivity contribution >= 4 is 22.3 Å². The van der Waals surface area contributed by atoms with Crippen molar-refractivity contribution in [1.29, 1.82) is 0 Å². The SMILES string of the molecule is CCNC(=NCc1ccc(F)c(C)c1)NCc1cn2ccsc2n1. The summed E-state index contributed by atoms with van der Waals surface area (Å²) in [4.78, 5) is 10.1. The van der Waals surface area contributed by atoms with Gasteiger partial charge in [0.15, 0.2) is 10.9 Å². The summed E-state index contributed by atoms with van der Waals surface area (Å²) in [5.74, 6) is 0.531. The van der Waals surface area contributed by atoms with E-state index in [-0.39, 0.29) is 5.82 Å². The van der Waals surface area contributed by atoms with E-state index in [1.54, 1.807) is 24.3 Å². The lowest BCUT2D eigenvalue weighted by atomic mass is 10.1. The van der Waals surface area contributed by atoms with Gasteiger partial charge in [0.05, 0.1) is 18.8 Å². The fraction of sp³-hybridized carbons (Fsp3) is 0.294. The van der Waals surface area contributed by atoms with Crippen LogP contribution in [-0.4, -0.2) is 21.9 Å². The second-order valence-electron chi connectivity index (χ2n) is 5.46. The van der Waals surface area contributed by atoms with Gasteiger partial charge in [0.25, 0.3) is 0 Å². The van der Waals surface area contributed by atoms with Crippen LogP contribution in [0.1, 0.15) is 23.7 Å². The Morgan fingerprint density at radius 2 is 2.25 bits per heavy atom. The smallest absolute Gasteiger partial charge is 0.193 e. The summed E-state index contributed by atoms with van der Waals surface area (Å²) in [6.45, 7) is 5.65. The Labute approximate surface area is 144 Å². The second-order valence-corrected chi connectivity index (χ2v) is 6.33. The Kier molecular flexibility index (Phi) is 5.10. The average Bonchev–Trinajstić information content (AvgIpc) is 3.14. The number of benzene rings is 1. The van der Waals surface area contributed by atoms with Gasteiger partial charge in [0.2, 0.25) is 0 Å². The lowest BCUT2D eigenvalue weighted by Gasteiger charge is -2.10. The van der Waals surface area contributed by atoms with Crippen LogP contribution in [0.15, 0.2) is 41.0 Å². The Balaban J connectivity index is 1.64. The molecule has 0 aliphatic rings. The summed E-state index contributed by atoms with van der Waals surface area (Å²) in [7, 11) is 0. The summed E-state index contributed by atoms with van der Waals surface area (Å²) in [5, 5.41) is 8.50. The minimum Gasteiger partial charge on any atom is -0.357 e. The zero-order chi connectivity index (χ0) is 16.9. The third-order valence-electron chi connectivity index (χ3n) is 3.57. The zero-order valence-corrected chi connectivity index (χ0v) is 14.5. The maximum atomic E-state index is 13.3. The normalized spacial score (nSPS) is 11.9. The Morgan fingerprint density at radius 3 is 3.00 bits per heavy atom. The molecule has 0 bridgehead atoms. The van der Waals surface area contributed by atoms with Gasteiger partial charge in [-0.05, 0) is 31.0 Å². The van der Waals surface area contributed by atoms with Crippen molar-refractivity contribution in [3.05, 3.63) is 58.6 Å². The number of rotatable bonds is 5. The fourth-order valence-electron chi connectivity index (χ4n) is 2.35. The molecule has 2 N–H and O–H groups in total. The Morgan fingerprint density at radius 1 is 1.38 bits per heavy atom. The van der Waals surface area contributed by atoms with E-state index < -0.39 is 0 Å². The molecule has 0 atom stereocenters. The summed E-state index contributed by atoms with van der Waals surface area (Å²) in [6.07, 6.45) is 4.00. The van der Waals surface area contributed by atoms with Gasteiger partial charge in [-0.1, -0.05) is 12.1 Å². The number of nitrogens with one attached hydrogen (secondary N) is 2. The second kappa shape index (κ2) is 7.44. The molecule has 3 rings (SSSR count). The molecule has 7 heteroatoms. The first-order chi connectivity index (χ1) is 11.7. The molecular formula is C17H20FN5S. The molecule has 0 fully saturated rings. The predicted octanol–water partition coefficient (Wildman–Crippen LogP) is 3.10. The van der Waals surface area contributed by atoms with E-state index in [9.17, 15) is 4.39 Å². The third kappa shape index (κ3) is 3.91. The van der Waals surface area contributed by atoms with Crippen LogP contribution in [0.3, 0.4) is 0 Å². The lowest BCUT2D eigenvalue weighted by Crippen LogP contribution is -2.36. The molecule has 1 aromatic carbocycles. The molecule has 0 saturated heterocycles. The maximum absolute atomic E-state index is 13.3. The van der Waals surface area contributed by atoms with Crippen LogP contribution in [0.2, 0.25) is 0 Å². The number of imidazole rings is 1. The van der Waals surface area contributed by atoms with Crippen molar-refractivity contribution < 1.29 is 4.39 Å². The zero-order valence-electron chi connectivity index (χ0n) is 13.7. The molecule has 5 nitrogen and oxygen atoms in total. The lowest BCUT2D eigenvalue weighted by molar-refractivity contribution is 0.617. The van der Waals surface area contributed by atoms with Crippen molar-refractivity contribution in [3.63, 3.8) is 0 Å². The number of hydrogen-bond donors (Lipinski definition) is 2. The molecular weight excluding hydrogens is 325 g/mol. The predicted molar refractivity (Wildman–Crippen MR) is 95.9 cm³/mol. The average molecular weight is 345 g/mol. The van der Waals surface area contributed by atoms with Crippen molar-refractivity contribution in [1.82, 2.24) is 20.0 Å². The van der Waals surface area contributed by atoms with Crippen LogP contribution in [0, 0.1) is 12.7 Å². The molecule has 0 radical (unpaired) electrons. The number of hydrogen-bond acceptors (Lipinski definition) is 3. The van der Waals surface area contributed by atoms with Crippen molar-refractivity contribution in [2.45, 2.75) is 26.9 Å². The highest BCUT2D eigenvalue weighted by atomic mass is 32.1. The minimum atomic E-state index is -0.187. The number of aromatic nitrogens is 2. The number of fused-ring (bicyclic) bond motifs is 1.